The zero-order valence-electron chi connectivity index (χ0n) is 18.5. The topological polar surface area (TPSA) is 134 Å². The Morgan fingerprint density at radius 1 is 1.27 bits per heavy atom. The van der Waals surface area contributed by atoms with Gasteiger partial charge in [0.05, 0.1) is 5.69 Å². The van der Waals surface area contributed by atoms with E-state index < -0.39 is 11.9 Å². The van der Waals surface area contributed by atoms with E-state index >= 15 is 0 Å². The Bertz CT molecular complexity index is 1200. The van der Waals surface area contributed by atoms with E-state index in [0.717, 1.165) is 17.2 Å². The van der Waals surface area contributed by atoms with Crippen LogP contribution in [0.1, 0.15) is 18.9 Å². The highest BCUT2D eigenvalue weighted by molar-refractivity contribution is 5.99. The highest BCUT2D eigenvalue weighted by atomic mass is 19.1. The number of hydrogen-bond donors (Lipinski definition) is 5. The molecule has 0 spiro atoms. The van der Waals surface area contributed by atoms with Gasteiger partial charge in [-0.1, -0.05) is 6.92 Å². The number of nitrogens with zero attached hydrogens (tertiary/aromatic N) is 2. The minimum atomic E-state index is -1.24. The van der Waals surface area contributed by atoms with Crippen LogP contribution < -0.4 is 26.4 Å². The lowest BCUT2D eigenvalue weighted by Crippen LogP contribution is -2.20. The summed E-state index contributed by atoms with van der Waals surface area (Å²) in [6.45, 7) is 7.75. The molecule has 6 N–H and O–H groups in total. The molecule has 4 heterocycles. The molecule has 3 aromatic rings. The lowest BCUT2D eigenvalue weighted by molar-refractivity contribution is 0.209. The molecule has 1 aromatic carbocycles. The van der Waals surface area contributed by atoms with Crippen LogP contribution in [-0.4, -0.2) is 47.4 Å². The van der Waals surface area contributed by atoms with Gasteiger partial charge < -0.3 is 26.2 Å². The van der Waals surface area contributed by atoms with Crippen LogP contribution in [0.15, 0.2) is 24.5 Å². The first kappa shape index (κ1) is 22.5. The summed E-state index contributed by atoms with van der Waals surface area (Å²) in [6, 6.07) is 3.11. The summed E-state index contributed by atoms with van der Waals surface area (Å²) in [7, 11) is 0. The van der Waals surface area contributed by atoms with Gasteiger partial charge in [0.25, 0.3) is 0 Å². The minimum absolute atomic E-state index is 0.0572. The molecular weight excluding hydrogens is 427 g/mol. The van der Waals surface area contributed by atoms with Gasteiger partial charge in [-0.3, -0.25) is 5.32 Å². The molecule has 0 bridgehead atoms. The summed E-state index contributed by atoms with van der Waals surface area (Å²) in [5.74, 6) is 0.964. The van der Waals surface area contributed by atoms with Crippen molar-refractivity contribution in [3.8, 4) is 17.0 Å². The zero-order chi connectivity index (χ0) is 23.5. The van der Waals surface area contributed by atoms with Gasteiger partial charge in [-0.05, 0) is 55.4 Å². The van der Waals surface area contributed by atoms with Crippen LogP contribution in [0.5, 0.6) is 5.88 Å². The predicted octanol–water partition coefficient (Wildman–Crippen LogP) is 3.84. The number of benzene rings is 1. The molecule has 9 nitrogen and oxygen atoms in total. The SMILES string of the molecule is CC1CCNC1.Cc1c(-c2cc3cc(NC(=O)O)ncc3c(N)c2F)cnc2c1NCCO2. The van der Waals surface area contributed by atoms with Gasteiger partial charge in [0, 0.05) is 35.5 Å². The number of aromatic nitrogens is 2. The second-order valence-electron chi connectivity index (χ2n) is 8.22. The van der Waals surface area contributed by atoms with E-state index in [0.29, 0.717) is 35.4 Å². The molecule has 1 atom stereocenters. The Morgan fingerprint density at radius 2 is 2.09 bits per heavy atom. The zero-order valence-corrected chi connectivity index (χ0v) is 18.5. The maximum absolute atomic E-state index is 15.0. The van der Waals surface area contributed by atoms with E-state index in [1.165, 1.54) is 31.8 Å². The Labute approximate surface area is 190 Å². The number of amides is 1. The Hall–Kier alpha value is -3.66. The third-order valence-corrected chi connectivity index (χ3v) is 5.78. The maximum atomic E-state index is 15.0. The summed E-state index contributed by atoms with van der Waals surface area (Å²) in [5.41, 5.74) is 8.28. The molecule has 0 saturated carbocycles. The first-order valence-electron chi connectivity index (χ1n) is 10.8. The second-order valence-corrected chi connectivity index (χ2v) is 8.22. The van der Waals surface area contributed by atoms with Gasteiger partial charge >= 0.3 is 6.09 Å². The molecule has 1 unspecified atom stereocenters. The van der Waals surface area contributed by atoms with Crippen LogP contribution in [0.3, 0.4) is 0 Å². The number of ether oxygens (including phenoxy) is 1. The van der Waals surface area contributed by atoms with Crippen molar-refractivity contribution in [3.63, 3.8) is 0 Å². The van der Waals surface area contributed by atoms with Crippen LogP contribution >= 0.6 is 0 Å². The van der Waals surface area contributed by atoms with Crippen molar-refractivity contribution in [2.75, 3.05) is 42.6 Å². The highest BCUT2D eigenvalue weighted by Gasteiger charge is 2.21. The highest BCUT2D eigenvalue weighted by Crippen LogP contribution is 2.39. The number of anilines is 3. The van der Waals surface area contributed by atoms with E-state index in [1.807, 2.05) is 6.92 Å². The molecule has 1 fully saturated rings. The Balaban J connectivity index is 0.000000376. The number of carboxylic acid groups (broad SMARTS) is 1. The number of rotatable bonds is 2. The molecule has 5 rings (SSSR count). The van der Waals surface area contributed by atoms with Gasteiger partial charge in [0.15, 0.2) is 5.82 Å². The van der Waals surface area contributed by atoms with Crippen LogP contribution in [0.4, 0.5) is 26.4 Å². The summed E-state index contributed by atoms with van der Waals surface area (Å²) in [6.07, 6.45) is 3.02. The Morgan fingerprint density at radius 3 is 2.76 bits per heavy atom. The number of halogens is 1. The number of nitrogen functional groups attached to an aromatic ring is 1. The fourth-order valence-electron chi connectivity index (χ4n) is 3.96. The molecule has 2 aliphatic heterocycles. The Kier molecular flexibility index (Phi) is 6.45. The normalized spacial score (nSPS) is 16.8. The molecule has 33 heavy (non-hydrogen) atoms. The van der Waals surface area contributed by atoms with Gasteiger partial charge in [-0.25, -0.2) is 19.2 Å². The number of carbonyl (C=O) groups is 1. The van der Waals surface area contributed by atoms with E-state index in [1.54, 1.807) is 12.3 Å². The molecule has 10 heteroatoms. The largest absolute Gasteiger partial charge is 0.474 e. The lowest BCUT2D eigenvalue weighted by atomic mass is 9.97. The first-order valence-corrected chi connectivity index (χ1v) is 10.8. The van der Waals surface area contributed by atoms with Crippen molar-refractivity contribution in [1.29, 1.82) is 0 Å². The van der Waals surface area contributed by atoms with Gasteiger partial charge in [0.2, 0.25) is 5.88 Å². The fraction of sp³-hybridized carbons (Fsp3) is 0.348. The minimum Gasteiger partial charge on any atom is -0.474 e. The van der Waals surface area contributed by atoms with Crippen molar-refractivity contribution in [2.24, 2.45) is 5.92 Å². The quantitative estimate of drug-likeness (QED) is 0.369. The number of pyridine rings is 2. The lowest BCUT2D eigenvalue weighted by Gasteiger charge is -2.22. The number of hydrogen-bond acceptors (Lipinski definition) is 7. The number of fused-ring (bicyclic) bond motifs is 2. The van der Waals surface area contributed by atoms with E-state index in [4.69, 9.17) is 15.6 Å². The molecule has 2 aliphatic rings. The van der Waals surface area contributed by atoms with Gasteiger partial charge in [0.1, 0.15) is 18.1 Å². The fourth-order valence-corrected chi connectivity index (χ4v) is 3.96. The average molecular weight is 455 g/mol. The number of nitrogens with two attached hydrogens (primary N) is 1. The van der Waals surface area contributed by atoms with E-state index in [2.05, 4.69) is 32.8 Å². The molecule has 0 radical (unpaired) electrons. The van der Waals surface area contributed by atoms with Crippen LogP contribution in [0.25, 0.3) is 21.9 Å². The third-order valence-electron chi connectivity index (χ3n) is 5.78. The van der Waals surface area contributed by atoms with Crippen LogP contribution in [0.2, 0.25) is 0 Å². The maximum Gasteiger partial charge on any atom is 0.410 e. The van der Waals surface area contributed by atoms with Crippen molar-refractivity contribution in [2.45, 2.75) is 20.3 Å². The van der Waals surface area contributed by atoms with Gasteiger partial charge in [-0.15, -0.1) is 0 Å². The third kappa shape index (κ3) is 4.75. The molecule has 1 amide bonds. The van der Waals surface area contributed by atoms with Crippen molar-refractivity contribution in [1.82, 2.24) is 15.3 Å². The van der Waals surface area contributed by atoms with Crippen molar-refractivity contribution >= 4 is 34.1 Å². The smallest absolute Gasteiger partial charge is 0.410 e. The molecule has 2 aromatic heterocycles. The van der Waals surface area contributed by atoms with E-state index in [-0.39, 0.29) is 17.1 Å². The summed E-state index contributed by atoms with van der Waals surface area (Å²) in [5, 5.41) is 18.5. The van der Waals surface area contributed by atoms with Gasteiger partial charge in [-0.2, -0.15) is 0 Å². The van der Waals surface area contributed by atoms with Crippen molar-refractivity contribution in [3.05, 3.63) is 35.9 Å². The summed E-state index contributed by atoms with van der Waals surface area (Å²) >= 11 is 0. The van der Waals surface area contributed by atoms with Crippen LogP contribution in [0, 0.1) is 18.7 Å². The van der Waals surface area contributed by atoms with Crippen molar-refractivity contribution < 1.29 is 19.0 Å². The average Bonchev–Trinajstić information content (AvgIpc) is 3.28. The predicted molar refractivity (Wildman–Crippen MR) is 126 cm³/mol. The molecule has 1 saturated heterocycles. The first-order chi connectivity index (χ1) is 15.8. The molecule has 174 valence electrons. The standard InChI is InChI=1S/C18H16FN5O3.C5H11N/c1-8-11(6-23-17-16(8)21-2-3-27-17)10-4-9-5-13(24-18(25)26)22-7-12(9)15(20)14(10)19;1-5-2-3-6-4-5/h4-7,21H,2-3,20H2,1H3,(H,22,24)(H,25,26);5-6H,2-4H2,1H3. The summed E-state index contributed by atoms with van der Waals surface area (Å²) in [4.78, 5) is 19.1. The molecular formula is C23H27FN6O3. The monoisotopic (exact) mass is 454 g/mol. The van der Waals surface area contributed by atoms with E-state index in [9.17, 15) is 9.18 Å². The molecule has 0 aliphatic carbocycles. The van der Waals surface area contributed by atoms with Crippen LogP contribution in [-0.2, 0) is 0 Å². The summed E-state index contributed by atoms with van der Waals surface area (Å²) < 4.78 is 20.5. The second kappa shape index (κ2) is 9.45. The number of nitrogens with one attached hydrogen (secondary N) is 3.